The van der Waals surface area contributed by atoms with Crippen molar-refractivity contribution in [3.05, 3.63) is 24.1 Å². The first-order chi connectivity index (χ1) is 13.9. The molecule has 158 valence electrons. The molecule has 2 aromatic heterocycles. The topological polar surface area (TPSA) is 67.5 Å². The van der Waals surface area contributed by atoms with Gasteiger partial charge in [0.25, 0.3) is 5.91 Å². The Balaban J connectivity index is 1.66. The number of furan rings is 1. The third-order valence-corrected chi connectivity index (χ3v) is 6.66. The number of carbonyl (C=O) groups is 2. The molecule has 6 heteroatoms. The average Bonchev–Trinajstić information content (AvgIpc) is 3.16. The number of nitrogens with one attached hydrogen (secondary N) is 1. The van der Waals surface area contributed by atoms with E-state index in [9.17, 15) is 9.59 Å². The Morgan fingerprint density at radius 1 is 1.28 bits per heavy atom. The lowest BCUT2D eigenvalue weighted by Gasteiger charge is -2.44. The minimum absolute atomic E-state index is 0.0301. The van der Waals surface area contributed by atoms with Crippen LogP contribution in [0.1, 0.15) is 76.2 Å². The van der Waals surface area contributed by atoms with Crippen LogP contribution in [0.4, 0.5) is 0 Å². The summed E-state index contributed by atoms with van der Waals surface area (Å²) in [6.07, 6.45) is 9.38. The third-order valence-electron chi connectivity index (χ3n) is 6.66. The Labute approximate surface area is 172 Å². The molecule has 1 N–H and O–H groups in total. The molecule has 0 spiro atoms. The fourth-order valence-corrected chi connectivity index (χ4v) is 4.77. The van der Waals surface area contributed by atoms with Gasteiger partial charge in [0.2, 0.25) is 5.91 Å². The van der Waals surface area contributed by atoms with Crippen LogP contribution in [0.5, 0.6) is 0 Å². The number of rotatable bonds is 5. The molecule has 6 nitrogen and oxygen atoms in total. The predicted octanol–water partition coefficient (Wildman–Crippen LogP) is 4.33. The minimum Gasteiger partial charge on any atom is -0.463 e. The number of fused-ring (bicyclic) bond motifs is 3. The molecule has 1 atom stereocenters. The lowest BCUT2D eigenvalue weighted by atomic mass is 9.92. The third kappa shape index (κ3) is 3.69. The molecule has 1 saturated carbocycles. The molecule has 1 aliphatic heterocycles. The van der Waals surface area contributed by atoms with Gasteiger partial charge in [0.1, 0.15) is 11.2 Å². The predicted molar refractivity (Wildman–Crippen MR) is 113 cm³/mol. The molecule has 0 saturated heterocycles. The van der Waals surface area contributed by atoms with Crippen molar-refractivity contribution in [2.45, 2.75) is 83.8 Å². The highest BCUT2D eigenvalue weighted by Crippen LogP contribution is 2.33. The van der Waals surface area contributed by atoms with Crippen molar-refractivity contribution in [3.63, 3.8) is 0 Å². The van der Waals surface area contributed by atoms with Gasteiger partial charge < -0.3 is 19.2 Å². The van der Waals surface area contributed by atoms with Gasteiger partial charge in [-0.05, 0) is 32.1 Å². The van der Waals surface area contributed by atoms with Crippen LogP contribution in [0.15, 0.2) is 22.8 Å². The van der Waals surface area contributed by atoms with E-state index in [0.29, 0.717) is 30.3 Å². The first-order valence-corrected chi connectivity index (χ1v) is 11.1. The molecule has 0 aromatic carbocycles. The summed E-state index contributed by atoms with van der Waals surface area (Å²) in [7, 11) is 0. The van der Waals surface area contributed by atoms with Crippen molar-refractivity contribution in [2.24, 2.45) is 5.92 Å². The largest absolute Gasteiger partial charge is 0.463 e. The van der Waals surface area contributed by atoms with E-state index in [4.69, 9.17) is 4.42 Å². The van der Waals surface area contributed by atoms with E-state index in [1.165, 1.54) is 12.8 Å². The molecule has 1 aliphatic carbocycles. The van der Waals surface area contributed by atoms with E-state index in [2.05, 4.69) is 19.2 Å². The minimum atomic E-state index is -0.908. The first-order valence-electron chi connectivity index (χ1n) is 11.1. The second-order valence-corrected chi connectivity index (χ2v) is 9.36. The number of carbonyl (C=O) groups excluding carboxylic acids is 2. The van der Waals surface area contributed by atoms with Crippen molar-refractivity contribution in [1.29, 1.82) is 0 Å². The van der Waals surface area contributed by atoms with Crippen LogP contribution in [0, 0.1) is 5.92 Å². The van der Waals surface area contributed by atoms with Crippen molar-refractivity contribution in [1.82, 2.24) is 14.8 Å². The van der Waals surface area contributed by atoms with Crippen LogP contribution in [-0.4, -0.2) is 39.4 Å². The van der Waals surface area contributed by atoms with Gasteiger partial charge in [-0.1, -0.05) is 39.5 Å². The molecule has 2 aliphatic rings. The molecule has 0 unspecified atom stereocenters. The number of hydrogen-bond donors (Lipinski definition) is 1. The number of amides is 2. The Morgan fingerprint density at radius 2 is 2.00 bits per heavy atom. The molecule has 1 fully saturated rings. The first kappa shape index (κ1) is 20.0. The summed E-state index contributed by atoms with van der Waals surface area (Å²) in [5.74, 6) is 0.348. The fraction of sp³-hybridized carbons (Fsp3) is 0.652. The highest BCUT2D eigenvalue weighted by Gasteiger charge is 2.48. The number of hydrogen-bond acceptors (Lipinski definition) is 3. The van der Waals surface area contributed by atoms with Crippen LogP contribution < -0.4 is 5.32 Å². The zero-order chi connectivity index (χ0) is 20.6. The maximum Gasteiger partial charge on any atom is 0.271 e. The molecular formula is C23H33N3O3. The Kier molecular flexibility index (Phi) is 5.45. The summed E-state index contributed by atoms with van der Waals surface area (Å²) in [4.78, 5) is 28.8. The summed E-state index contributed by atoms with van der Waals surface area (Å²) >= 11 is 0. The summed E-state index contributed by atoms with van der Waals surface area (Å²) < 4.78 is 7.48. The summed E-state index contributed by atoms with van der Waals surface area (Å²) in [5.41, 5.74) is 1.29. The SMILES string of the molecule is CC(C)CCN1C(=O)c2cc3occc3n2C[C@]1(C)C(=O)NC1CCCCCC1. The molecular weight excluding hydrogens is 366 g/mol. The Morgan fingerprint density at radius 3 is 2.69 bits per heavy atom. The highest BCUT2D eigenvalue weighted by molar-refractivity contribution is 6.02. The smallest absolute Gasteiger partial charge is 0.271 e. The van der Waals surface area contributed by atoms with E-state index in [-0.39, 0.29) is 17.9 Å². The molecule has 0 radical (unpaired) electrons. The molecule has 29 heavy (non-hydrogen) atoms. The fourth-order valence-electron chi connectivity index (χ4n) is 4.77. The van der Waals surface area contributed by atoms with E-state index in [1.54, 1.807) is 11.2 Å². The molecule has 4 rings (SSSR count). The normalized spacial score (nSPS) is 23.4. The number of nitrogens with zero attached hydrogens (tertiary/aromatic N) is 2. The lowest BCUT2D eigenvalue weighted by Crippen LogP contribution is -2.65. The van der Waals surface area contributed by atoms with E-state index in [0.717, 1.165) is 37.6 Å². The van der Waals surface area contributed by atoms with E-state index < -0.39 is 5.54 Å². The monoisotopic (exact) mass is 399 g/mol. The Hall–Kier alpha value is -2.24. The number of aromatic nitrogens is 1. The Bertz CT molecular complexity index is 888. The zero-order valence-corrected chi connectivity index (χ0v) is 17.9. The summed E-state index contributed by atoms with van der Waals surface area (Å²) in [6.45, 7) is 7.25. The van der Waals surface area contributed by atoms with Gasteiger partial charge in [0, 0.05) is 24.7 Å². The second kappa shape index (κ2) is 7.88. The van der Waals surface area contributed by atoms with E-state index >= 15 is 0 Å². The lowest BCUT2D eigenvalue weighted by molar-refractivity contribution is -0.133. The van der Waals surface area contributed by atoms with Gasteiger partial charge >= 0.3 is 0 Å². The van der Waals surface area contributed by atoms with Gasteiger partial charge in [0.15, 0.2) is 5.58 Å². The molecule has 2 amide bonds. The van der Waals surface area contributed by atoms with Crippen molar-refractivity contribution >= 4 is 22.9 Å². The van der Waals surface area contributed by atoms with Gasteiger partial charge in [-0.2, -0.15) is 0 Å². The van der Waals surface area contributed by atoms with Crippen LogP contribution in [0.25, 0.3) is 11.1 Å². The standard InChI is InChI=1S/C23H33N3O3/c1-16(2)10-12-26-21(27)19-14-20-18(11-13-29-20)25(19)15-23(26,3)22(28)24-17-8-6-4-5-7-9-17/h11,13-14,16-17H,4-10,12,15H2,1-3H3,(H,24,28)/t23-/m1/s1. The maximum atomic E-state index is 13.6. The molecule has 0 bridgehead atoms. The van der Waals surface area contributed by atoms with Crippen molar-refractivity contribution < 1.29 is 14.0 Å². The van der Waals surface area contributed by atoms with Crippen molar-refractivity contribution in [3.8, 4) is 0 Å². The average molecular weight is 400 g/mol. The summed E-state index contributed by atoms with van der Waals surface area (Å²) in [5, 5.41) is 3.30. The van der Waals surface area contributed by atoms with Crippen LogP contribution in [0.3, 0.4) is 0 Å². The van der Waals surface area contributed by atoms with Crippen LogP contribution in [-0.2, 0) is 11.3 Å². The summed E-state index contributed by atoms with van der Waals surface area (Å²) in [6, 6.07) is 3.89. The van der Waals surface area contributed by atoms with E-state index in [1.807, 2.05) is 23.6 Å². The maximum absolute atomic E-state index is 13.6. The van der Waals surface area contributed by atoms with Crippen molar-refractivity contribution in [2.75, 3.05) is 6.54 Å². The second-order valence-electron chi connectivity index (χ2n) is 9.36. The van der Waals surface area contributed by atoms with Gasteiger partial charge in [-0.3, -0.25) is 9.59 Å². The quantitative estimate of drug-likeness (QED) is 0.761. The molecule has 2 aromatic rings. The van der Waals surface area contributed by atoms with Gasteiger partial charge in [0.05, 0.1) is 18.3 Å². The van der Waals surface area contributed by atoms with Gasteiger partial charge in [-0.15, -0.1) is 0 Å². The van der Waals surface area contributed by atoms with Crippen LogP contribution in [0.2, 0.25) is 0 Å². The van der Waals surface area contributed by atoms with Gasteiger partial charge in [-0.25, -0.2) is 0 Å². The van der Waals surface area contributed by atoms with Crippen LogP contribution >= 0.6 is 0 Å². The molecule has 3 heterocycles. The highest BCUT2D eigenvalue weighted by atomic mass is 16.3. The zero-order valence-electron chi connectivity index (χ0n) is 17.9.